The Kier molecular flexibility index (Phi) is 5.30. The minimum absolute atomic E-state index is 0.00200. The Morgan fingerprint density at radius 3 is 3.08 bits per heavy atom. The normalized spacial score (nSPS) is 17.0. The minimum Gasteiger partial charge on any atom is -0.370 e. The summed E-state index contributed by atoms with van der Waals surface area (Å²) < 4.78 is 5.33. The third-order valence-corrected chi connectivity index (χ3v) is 4.09. The SMILES string of the molecule is Cc1cc([C@@H]2CCCN2C(=O)NCCCNc2ccccn2)on1. The second-order valence-corrected chi connectivity index (χ2v) is 5.95. The number of carbonyl (C=O) groups is 1. The number of aryl methyl sites for hydroxylation is 1. The molecule has 24 heavy (non-hydrogen) atoms. The maximum absolute atomic E-state index is 12.4. The molecule has 1 aliphatic heterocycles. The van der Waals surface area contributed by atoms with Crippen molar-refractivity contribution in [3.63, 3.8) is 0 Å². The zero-order valence-corrected chi connectivity index (χ0v) is 13.9. The summed E-state index contributed by atoms with van der Waals surface area (Å²) in [6.45, 7) is 4.03. The highest BCUT2D eigenvalue weighted by molar-refractivity contribution is 5.75. The molecular weight excluding hydrogens is 306 g/mol. The lowest BCUT2D eigenvalue weighted by Gasteiger charge is -2.23. The second-order valence-electron chi connectivity index (χ2n) is 5.95. The van der Waals surface area contributed by atoms with Crippen LogP contribution in [0.4, 0.5) is 10.6 Å². The van der Waals surface area contributed by atoms with Crippen molar-refractivity contribution in [2.24, 2.45) is 0 Å². The molecule has 2 N–H and O–H groups in total. The molecule has 128 valence electrons. The van der Waals surface area contributed by atoms with Gasteiger partial charge in [0.1, 0.15) is 5.82 Å². The number of pyridine rings is 1. The predicted octanol–water partition coefficient (Wildman–Crippen LogP) is 2.73. The summed E-state index contributed by atoms with van der Waals surface area (Å²) in [6.07, 6.45) is 4.49. The molecule has 0 spiro atoms. The van der Waals surface area contributed by atoms with E-state index in [-0.39, 0.29) is 12.1 Å². The van der Waals surface area contributed by atoms with Gasteiger partial charge in [-0.05, 0) is 38.3 Å². The van der Waals surface area contributed by atoms with Crippen molar-refractivity contribution in [2.75, 3.05) is 25.0 Å². The van der Waals surface area contributed by atoms with Crippen LogP contribution in [0.15, 0.2) is 35.0 Å². The summed E-state index contributed by atoms with van der Waals surface area (Å²) in [5, 5.41) is 10.1. The number of urea groups is 1. The molecule has 7 nitrogen and oxygen atoms in total. The van der Waals surface area contributed by atoms with E-state index in [4.69, 9.17) is 4.52 Å². The highest BCUT2D eigenvalue weighted by atomic mass is 16.5. The number of carbonyl (C=O) groups excluding carboxylic acids is 1. The Labute approximate surface area is 141 Å². The first-order valence-corrected chi connectivity index (χ1v) is 8.36. The third kappa shape index (κ3) is 4.04. The maximum Gasteiger partial charge on any atom is 0.318 e. The number of nitrogens with zero attached hydrogens (tertiary/aromatic N) is 3. The summed E-state index contributed by atoms with van der Waals surface area (Å²) in [4.78, 5) is 18.4. The summed E-state index contributed by atoms with van der Waals surface area (Å²) in [6, 6.07) is 7.62. The zero-order chi connectivity index (χ0) is 16.8. The van der Waals surface area contributed by atoms with E-state index >= 15 is 0 Å². The molecule has 0 unspecified atom stereocenters. The predicted molar refractivity (Wildman–Crippen MR) is 90.7 cm³/mol. The average Bonchev–Trinajstić information content (AvgIpc) is 3.24. The van der Waals surface area contributed by atoms with E-state index in [1.165, 1.54) is 0 Å². The molecule has 3 heterocycles. The molecule has 0 aliphatic carbocycles. The van der Waals surface area contributed by atoms with Crippen LogP contribution < -0.4 is 10.6 Å². The number of likely N-dealkylation sites (tertiary alicyclic amines) is 1. The van der Waals surface area contributed by atoms with Gasteiger partial charge in [-0.15, -0.1) is 0 Å². The van der Waals surface area contributed by atoms with Crippen molar-refractivity contribution in [3.8, 4) is 0 Å². The Hall–Kier alpha value is -2.57. The van der Waals surface area contributed by atoms with Crippen LogP contribution >= 0.6 is 0 Å². The summed E-state index contributed by atoms with van der Waals surface area (Å²) in [7, 11) is 0. The van der Waals surface area contributed by atoms with Gasteiger partial charge in [-0.1, -0.05) is 11.2 Å². The number of hydrogen-bond acceptors (Lipinski definition) is 5. The zero-order valence-electron chi connectivity index (χ0n) is 13.9. The van der Waals surface area contributed by atoms with Crippen LogP contribution in [0.3, 0.4) is 0 Å². The fourth-order valence-corrected chi connectivity index (χ4v) is 2.91. The molecule has 1 atom stereocenters. The van der Waals surface area contributed by atoms with Gasteiger partial charge < -0.3 is 20.1 Å². The minimum atomic E-state index is -0.0376. The number of anilines is 1. The molecule has 2 aromatic rings. The first kappa shape index (κ1) is 16.3. The van der Waals surface area contributed by atoms with Crippen LogP contribution in [0.1, 0.15) is 36.8 Å². The van der Waals surface area contributed by atoms with Crippen molar-refractivity contribution in [3.05, 3.63) is 41.9 Å². The molecule has 7 heteroatoms. The van der Waals surface area contributed by atoms with Gasteiger partial charge >= 0.3 is 6.03 Å². The van der Waals surface area contributed by atoms with Gasteiger partial charge in [-0.25, -0.2) is 9.78 Å². The van der Waals surface area contributed by atoms with E-state index in [1.54, 1.807) is 6.20 Å². The fraction of sp³-hybridized carbons (Fsp3) is 0.471. The average molecular weight is 329 g/mol. The Balaban J connectivity index is 1.41. The second kappa shape index (κ2) is 7.81. The van der Waals surface area contributed by atoms with Gasteiger partial charge in [0.15, 0.2) is 5.76 Å². The number of hydrogen-bond donors (Lipinski definition) is 2. The lowest BCUT2D eigenvalue weighted by Crippen LogP contribution is -2.40. The molecular formula is C17H23N5O2. The monoisotopic (exact) mass is 329 g/mol. The lowest BCUT2D eigenvalue weighted by atomic mass is 10.1. The molecule has 2 aromatic heterocycles. The van der Waals surface area contributed by atoms with Crippen molar-refractivity contribution in [1.29, 1.82) is 0 Å². The molecule has 2 amide bonds. The van der Waals surface area contributed by atoms with Gasteiger partial charge in [0.2, 0.25) is 0 Å². The highest BCUT2D eigenvalue weighted by Gasteiger charge is 2.32. The van der Waals surface area contributed by atoms with Crippen LogP contribution in [0.25, 0.3) is 0 Å². The van der Waals surface area contributed by atoms with E-state index in [1.807, 2.05) is 36.1 Å². The van der Waals surface area contributed by atoms with Crippen molar-refractivity contribution >= 4 is 11.8 Å². The van der Waals surface area contributed by atoms with E-state index in [9.17, 15) is 4.79 Å². The summed E-state index contributed by atoms with van der Waals surface area (Å²) >= 11 is 0. The number of aromatic nitrogens is 2. The van der Waals surface area contributed by atoms with E-state index in [0.717, 1.165) is 49.6 Å². The maximum atomic E-state index is 12.4. The van der Waals surface area contributed by atoms with Crippen molar-refractivity contribution in [1.82, 2.24) is 20.4 Å². The standard InChI is InChI=1S/C17H23N5O2/c1-13-12-15(24-21-13)14-6-4-11-22(14)17(23)20-10-5-9-19-16-7-2-3-8-18-16/h2-3,7-8,12,14H,4-6,9-11H2,1H3,(H,18,19)(H,20,23)/t14-/m0/s1. The molecule has 0 bridgehead atoms. The topological polar surface area (TPSA) is 83.3 Å². The Bertz CT molecular complexity index is 658. The number of nitrogens with one attached hydrogen (secondary N) is 2. The van der Waals surface area contributed by atoms with Gasteiger partial charge in [-0.2, -0.15) is 0 Å². The molecule has 0 saturated carbocycles. The highest BCUT2D eigenvalue weighted by Crippen LogP contribution is 2.32. The molecule has 1 fully saturated rings. The van der Waals surface area contributed by atoms with Gasteiger partial charge in [-0.3, -0.25) is 0 Å². The molecule has 1 saturated heterocycles. The van der Waals surface area contributed by atoms with E-state index in [2.05, 4.69) is 20.8 Å². The van der Waals surface area contributed by atoms with Gasteiger partial charge in [0, 0.05) is 31.9 Å². The van der Waals surface area contributed by atoms with Crippen LogP contribution in [0.2, 0.25) is 0 Å². The number of amides is 2. The molecule has 3 rings (SSSR count). The van der Waals surface area contributed by atoms with E-state index in [0.29, 0.717) is 6.54 Å². The summed E-state index contributed by atoms with van der Waals surface area (Å²) in [5.74, 6) is 1.63. The largest absolute Gasteiger partial charge is 0.370 e. The van der Waals surface area contributed by atoms with Gasteiger partial charge in [0.05, 0.1) is 11.7 Å². The van der Waals surface area contributed by atoms with E-state index < -0.39 is 0 Å². The molecule has 0 aromatic carbocycles. The molecule has 0 radical (unpaired) electrons. The van der Waals surface area contributed by atoms with Crippen molar-refractivity contribution < 1.29 is 9.32 Å². The Morgan fingerprint density at radius 1 is 1.42 bits per heavy atom. The summed E-state index contributed by atoms with van der Waals surface area (Å²) in [5.41, 5.74) is 0.845. The van der Waals surface area contributed by atoms with Crippen LogP contribution in [0, 0.1) is 6.92 Å². The fourth-order valence-electron chi connectivity index (χ4n) is 2.91. The van der Waals surface area contributed by atoms with Crippen LogP contribution in [-0.2, 0) is 0 Å². The molecule has 1 aliphatic rings. The Morgan fingerprint density at radius 2 is 2.33 bits per heavy atom. The van der Waals surface area contributed by atoms with Crippen LogP contribution in [-0.4, -0.2) is 40.7 Å². The quantitative estimate of drug-likeness (QED) is 0.796. The van der Waals surface area contributed by atoms with Crippen molar-refractivity contribution in [2.45, 2.75) is 32.2 Å². The van der Waals surface area contributed by atoms with Gasteiger partial charge in [0.25, 0.3) is 0 Å². The number of rotatable bonds is 6. The first-order chi connectivity index (χ1) is 11.7. The lowest BCUT2D eigenvalue weighted by molar-refractivity contribution is 0.182. The third-order valence-electron chi connectivity index (χ3n) is 4.09. The van der Waals surface area contributed by atoms with Crippen LogP contribution in [0.5, 0.6) is 0 Å². The smallest absolute Gasteiger partial charge is 0.318 e. The first-order valence-electron chi connectivity index (χ1n) is 8.36.